The minimum absolute atomic E-state index is 0.447. The zero-order valence-electron chi connectivity index (χ0n) is 14.0. The largest absolute Gasteiger partial charge is 0.359 e. The highest BCUT2D eigenvalue weighted by Gasteiger charge is 2.11. The topological polar surface area (TPSA) is 53.1 Å². The summed E-state index contributed by atoms with van der Waals surface area (Å²) >= 11 is 0. The summed E-state index contributed by atoms with van der Waals surface area (Å²) in [5.41, 5.74) is 3.28. The number of benzene rings is 1. The Bertz CT molecular complexity index is 712. The molecule has 0 unspecified atom stereocenters. The Morgan fingerprint density at radius 2 is 1.96 bits per heavy atom. The predicted octanol–water partition coefficient (Wildman–Crippen LogP) is 3.17. The fraction of sp³-hybridized carbons (Fsp3) is 0.368. The summed E-state index contributed by atoms with van der Waals surface area (Å²) in [6.45, 7) is 5.86. The van der Waals surface area contributed by atoms with Gasteiger partial charge in [-0.05, 0) is 50.6 Å². The van der Waals surface area contributed by atoms with E-state index >= 15 is 0 Å². The summed E-state index contributed by atoms with van der Waals surface area (Å²) in [6, 6.07) is 8.46. The average Bonchev–Trinajstić information content (AvgIpc) is 3.10. The number of aromatic nitrogens is 2. The van der Waals surface area contributed by atoms with E-state index in [0.717, 1.165) is 23.6 Å². The molecule has 5 heteroatoms. The van der Waals surface area contributed by atoms with Gasteiger partial charge in [-0.2, -0.15) is 4.98 Å². The molecule has 24 heavy (non-hydrogen) atoms. The number of nitrogens with one attached hydrogen (secondary N) is 2. The van der Waals surface area contributed by atoms with Crippen LogP contribution in [0.1, 0.15) is 24.0 Å². The number of aryl methyl sites for hydroxylation is 1. The lowest BCUT2D eigenvalue weighted by Gasteiger charge is -2.15. The van der Waals surface area contributed by atoms with Crippen LogP contribution in [0.2, 0.25) is 0 Å². The first kappa shape index (κ1) is 16.3. The third-order valence-corrected chi connectivity index (χ3v) is 4.14. The number of hydrogen-bond acceptors (Lipinski definition) is 5. The normalized spacial score (nSPS) is 14.3. The first-order valence-corrected chi connectivity index (χ1v) is 8.34. The van der Waals surface area contributed by atoms with Gasteiger partial charge in [0.2, 0.25) is 5.95 Å². The monoisotopic (exact) mass is 321 g/mol. The summed E-state index contributed by atoms with van der Waals surface area (Å²) < 4.78 is 0. The maximum Gasteiger partial charge on any atom is 0.229 e. The maximum absolute atomic E-state index is 5.29. The van der Waals surface area contributed by atoms with E-state index < -0.39 is 0 Å². The molecule has 1 aliphatic rings. The van der Waals surface area contributed by atoms with Gasteiger partial charge in [0.15, 0.2) is 0 Å². The van der Waals surface area contributed by atoms with Crippen molar-refractivity contribution < 1.29 is 0 Å². The third-order valence-electron chi connectivity index (χ3n) is 4.14. The Morgan fingerprint density at radius 1 is 1.21 bits per heavy atom. The van der Waals surface area contributed by atoms with Gasteiger partial charge in [0.1, 0.15) is 5.82 Å². The molecule has 2 N–H and O–H groups in total. The van der Waals surface area contributed by atoms with E-state index in [1.165, 1.54) is 31.5 Å². The molecule has 0 bridgehead atoms. The van der Waals surface area contributed by atoms with E-state index in [-0.39, 0.29) is 0 Å². The Balaban J connectivity index is 1.64. The molecule has 0 atom stereocenters. The first-order valence-electron chi connectivity index (χ1n) is 8.34. The fourth-order valence-electron chi connectivity index (χ4n) is 2.84. The van der Waals surface area contributed by atoms with Crippen LogP contribution < -0.4 is 10.6 Å². The van der Waals surface area contributed by atoms with Crippen molar-refractivity contribution in [3.63, 3.8) is 0 Å². The number of nitrogens with zero attached hydrogens (tertiary/aromatic N) is 3. The number of anilines is 3. The Morgan fingerprint density at radius 3 is 2.67 bits per heavy atom. The van der Waals surface area contributed by atoms with E-state index in [9.17, 15) is 0 Å². The smallest absolute Gasteiger partial charge is 0.229 e. The minimum Gasteiger partial charge on any atom is -0.359 e. The van der Waals surface area contributed by atoms with Crippen molar-refractivity contribution in [1.82, 2.24) is 14.9 Å². The molecule has 1 fully saturated rings. The van der Waals surface area contributed by atoms with E-state index in [0.29, 0.717) is 12.5 Å². The number of terminal acetylenes is 1. The van der Waals surface area contributed by atoms with Gasteiger partial charge in [0.05, 0.1) is 6.54 Å². The molecule has 0 aliphatic carbocycles. The maximum atomic E-state index is 5.29. The molecule has 3 rings (SSSR count). The molecule has 2 heterocycles. The molecule has 1 aromatic heterocycles. The summed E-state index contributed by atoms with van der Waals surface area (Å²) in [7, 11) is 0. The van der Waals surface area contributed by atoms with E-state index in [4.69, 9.17) is 6.42 Å². The molecule has 0 spiro atoms. The Hall–Kier alpha value is -2.58. The van der Waals surface area contributed by atoms with Gasteiger partial charge < -0.3 is 10.6 Å². The van der Waals surface area contributed by atoms with Crippen LogP contribution in [0.3, 0.4) is 0 Å². The fourth-order valence-corrected chi connectivity index (χ4v) is 2.84. The second-order valence-corrected chi connectivity index (χ2v) is 6.09. The second-order valence-electron chi connectivity index (χ2n) is 6.09. The highest BCUT2D eigenvalue weighted by molar-refractivity contribution is 5.56. The molecule has 1 aromatic carbocycles. The molecular formula is C19H23N5. The van der Waals surface area contributed by atoms with Crippen molar-refractivity contribution in [2.45, 2.75) is 26.3 Å². The number of rotatable bonds is 6. The van der Waals surface area contributed by atoms with Gasteiger partial charge in [-0.3, -0.25) is 4.90 Å². The summed E-state index contributed by atoms with van der Waals surface area (Å²) in [5, 5.41) is 6.35. The van der Waals surface area contributed by atoms with Crippen LogP contribution in [0.15, 0.2) is 30.5 Å². The van der Waals surface area contributed by atoms with Crippen LogP contribution in [-0.2, 0) is 6.54 Å². The van der Waals surface area contributed by atoms with Crippen LogP contribution in [0.5, 0.6) is 0 Å². The molecule has 0 radical (unpaired) electrons. The van der Waals surface area contributed by atoms with Crippen molar-refractivity contribution in [3.05, 3.63) is 41.6 Å². The lowest BCUT2D eigenvalue weighted by molar-refractivity contribution is 0.331. The zero-order chi connectivity index (χ0) is 16.8. The van der Waals surface area contributed by atoms with Crippen LogP contribution in [0, 0.1) is 19.3 Å². The Kier molecular flexibility index (Phi) is 5.29. The average molecular weight is 321 g/mol. The first-order chi connectivity index (χ1) is 11.7. The zero-order valence-corrected chi connectivity index (χ0v) is 14.0. The molecule has 124 valence electrons. The molecule has 1 aliphatic heterocycles. The van der Waals surface area contributed by atoms with Crippen LogP contribution in [-0.4, -0.2) is 34.5 Å². The molecule has 2 aromatic rings. The third kappa shape index (κ3) is 4.24. The standard InChI is InChI=1S/C19H23N5/c1-3-10-20-18-15(2)13-21-19(23-18)22-17-8-6-16(7-9-17)14-24-11-4-5-12-24/h1,6-9,13H,4-5,10-12,14H2,2H3,(H2,20,21,22,23). The molecule has 0 amide bonds. The number of hydrogen-bond donors (Lipinski definition) is 2. The van der Waals surface area contributed by atoms with Gasteiger partial charge in [-0.1, -0.05) is 18.1 Å². The minimum atomic E-state index is 0.447. The number of likely N-dealkylation sites (tertiary alicyclic amines) is 1. The Labute approximate surface area is 143 Å². The van der Waals surface area contributed by atoms with Gasteiger partial charge in [0.25, 0.3) is 0 Å². The van der Waals surface area contributed by atoms with Crippen molar-refractivity contribution in [3.8, 4) is 12.3 Å². The quantitative estimate of drug-likeness (QED) is 0.801. The van der Waals surface area contributed by atoms with E-state index in [1.54, 1.807) is 6.20 Å². The highest BCUT2D eigenvalue weighted by atomic mass is 15.1. The van der Waals surface area contributed by atoms with Crippen molar-refractivity contribution in [2.75, 3.05) is 30.3 Å². The van der Waals surface area contributed by atoms with Gasteiger partial charge in [0, 0.05) is 24.0 Å². The van der Waals surface area contributed by atoms with E-state index in [1.807, 2.05) is 6.92 Å². The van der Waals surface area contributed by atoms with Crippen LogP contribution >= 0.6 is 0 Å². The van der Waals surface area contributed by atoms with Gasteiger partial charge >= 0.3 is 0 Å². The van der Waals surface area contributed by atoms with E-state index in [2.05, 4.69) is 55.7 Å². The predicted molar refractivity (Wildman–Crippen MR) is 98.3 cm³/mol. The van der Waals surface area contributed by atoms with Crippen molar-refractivity contribution in [2.24, 2.45) is 0 Å². The summed E-state index contributed by atoms with van der Waals surface area (Å²) in [6.07, 6.45) is 9.71. The van der Waals surface area contributed by atoms with Crippen molar-refractivity contribution >= 4 is 17.5 Å². The summed E-state index contributed by atoms with van der Waals surface area (Å²) in [4.78, 5) is 11.3. The molecule has 1 saturated heterocycles. The van der Waals surface area contributed by atoms with Gasteiger partial charge in [-0.25, -0.2) is 4.98 Å². The lowest BCUT2D eigenvalue weighted by Crippen LogP contribution is -2.18. The lowest BCUT2D eigenvalue weighted by atomic mass is 10.2. The van der Waals surface area contributed by atoms with Crippen LogP contribution in [0.25, 0.3) is 0 Å². The molecule has 0 saturated carbocycles. The molecule has 5 nitrogen and oxygen atoms in total. The second kappa shape index (κ2) is 7.80. The molecular weight excluding hydrogens is 298 g/mol. The van der Waals surface area contributed by atoms with Crippen molar-refractivity contribution in [1.29, 1.82) is 0 Å². The van der Waals surface area contributed by atoms with Crippen LogP contribution in [0.4, 0.5) is 17.5 Å². The van der Waals surface area contributed by atoms with Gasteiger partial charge in [-0.15, -0.1) is 6.42 Å². The summed E-state index contributed by atoms with van der Waals surface area (Å²) in [5.74, 6) is 3.88. The highest BCUT2D eigenvalue weighted by Crippen LogP contribution is 2.19. The SMILES string of the molecule is C#CCNc1nc(Nc2ccc(CN3CCCC3)cc2)ncc1C.